The molecule has 320 valence electrons. The second kappa shape index (κ2) is 42.6. The van der Waals surface area contributed by atoms with Crippen LogP contribution in [0.5, 0.6) is 0 Å². The Bertz CT molecular complexity index is 811. The van der Waals surface area contributed by atoms with E-state index < -0.39 is 6.10 Å². The van der Waals surface area contributed by atoms with E-state index in [2.05, 4.69) is 27.7 Å². The molecule has 0 aliphatic rings. The number of ether oxygens (including phenoxy) is 3. The van der Waals surface area contributed by atoms with Gasteiger partial charge in [0, 0.05) is 19.3 Å². The Labute approximate surface area is 336 Å². The first-order chi connectivity index (χ1) is 26.4. The quantitative estimate of drug-likeness (QED) is 0.0349. The van der Waals surface area contributed by atoms with Crippen molar-refractivity contribution in [3.63, 3.8) is 0 Å². The molecule has 0 aromatic heterocycles. The van der Waals surface area contributed by atoms with Crippen molar-refractivity contribution in [2.45, 2.75) is 271 Å². The molecule has 6 heteroatoms. The molecule has 0 amide bonds. The fraction of sp³-hybridized carbons (Fsp3) is 0.938. The van der Waals surface area contributed by atoms with E-state index in [4.69, 9.17) is 14.2 Å². The molecular weight excluding hydrogens is 673 g/mol. The van der Waals surface area contributed by atoms with Gasteiger partial charge in [0.2, 0.25) is 0 Å². The summed E-state index contributed by atoms with van der Waals surface area (Å²) in [5.74, 6) is -0.0581. The lowest BCUT2D eigenvalue weighted by molar-refractivity contribution is -0.167. The second-order valence-electron chi connectivity index (χ2n) is 16.9. The molecule has 0 rings (SSSR count). The first kappa shape index (κ1) is 52.4. The van der Waals surface area contributed by atoms with Gasteiger partial charge < -0.3 is 14.2 Å². The van der Waals surface area contributed by atoms with Gasteiger partial charge in [0.25, 0.3) is 0 Å². The van der Waals surface area contributed by atoms with Crippen LogP contribution < -0.4 is 0 Å². The van der Waals surface area contributed by atoms with E-state index in [1.54, 1.807) is 0 Å². The lowest BCUT2D eigenvalue weighted by Gasteiger charge is -2.18. The number of rotatable bonds is 43. The van der Waals surface area contributed by atoms with Crippen LogP contribution in [-0.2, 0) is 28.6 Å². The van der Waals surface area contributed by atoms with Gasteiger partial charge in [-0.15, -0.1) is 0 Å². The van der Waals surface area contributed by atoms with Crippen molar-refractivity contribution >= 4 is 17.9 Å². The molecule has 0 aliphatic heterocycles. The predicted molar refractivity (Wildman–Crippen MR) is 229 cm³/mol. The topological polar surface area (TPSA) is 78.9 Å². The number of carbonyl (C=O) groups excluding carboxylic acids is 3. The second-order valence-corrected chi connectivity index (χ2v) is 16.9. The van der Waals surface area contributed by atoms with Crippen LogP contribution in [0.2, 0.25) is 0 Å². The van der Waals surface area contributed by atoms with Crippen LogP contribution in [0.3, 0.4) is 0 Å². The third-order valence-corrected chi connectivity index (χ3v) is 10.8. The Kier molecular flexibility index (Phi) is 41.3. The highest BCUT2D eigenvalue weighted by Gasteiger charge is 2.19. The average Bonchev–Trinajstić information content (AvgIpc) is 3.15. The van der Waals surface area contributed by atoms with Crippen LogP contribution in [0.25, 0.3) is 0 Å². The minimum Gasteiger partial charge on any atom is -0.462 e. The molecule has 6 nitrogen and oxygen atoms in total. The number of esters is 3. The minimum absolute atomic E-state index is 0.0641. The maximum Gasteiger partial charge on any atom is 0.306 e. The monoisotopic (exact) mass is 765 g/mol. The van der Waals surface area contributed by atoms with Crippen molar-refractivity contribution in [2.75, 3.05) is 13.2 Å². The van der Waals surface area contributed by atoms with Gasteiger partial charge in [0.15, 0.2) is 6.10 Å². The van der Waals surface area contributed by atoms with Crippen LogP contribution in [0, 0.1) is 5.92 Å². The van der Waals surface area contributed by atoms with Crippen LogP contribution in [0.4, 0.5) is 0 Å². The third kappa shape index (κ3) is 41.6. The summed E-state index contributed by atoms with van der Waals surface area (Å²) in [6.45, 7) is 8.96. The molecule has 0 unspecified atom stereocenters. The zero-order valence-electron chi connectivity index (χ0n) is 36.7. The van der Waals surface area contributed by atoms with Gasteiger partial charge in [-0.1, -0.05) is 227 Å². The fourth-order valence-corrected chi connectivity index (χ4v) is 7.16. The first-order valence-corrected chi connectivity index (χ1v) is 23.9. The smallest absolute Gasteiger partial charge is 0.306 e. The Balaban J connectivity index is 4.28. The van der Waals surface area contributed by atoms with E-state index >= 15 is 0 Å². The molecule has 54 heavy (non-hydrogen) atoms. The third-order valence-electron chi connectivity index (χ3n) is 10.8. The van der Waals surface area contributed by atoms with E-state index in [0.717, 1.165) is 63.7 Å². The summed E-state index contributed by atoms with van der Waals surface area (Å²) >= 11 is 0. The van der Waals surface area contributed by atoms with Gasteiger partial charge in [-0.3, -0.25) is 14.4 Å². The first-order valence-electron chi connectivity index (χ1n) is 23.9. The maximum absolute atomic E-state index is 12.7. The van der Waals surface area contributed by atoms with E-state index in [0.29, 0.717) is 19.3 Å². The highest BCUT2D eigenvalue weighted by atomic mass is 16.6. The molecule has 0 spiro atoms. The standard InChI is InChI=1S/C48H92O6/c1-5-7-9-11-13-15-16-17-18-19-20-21-23-29-33-37-41-48(51)54-45(42-52-46(49)39-35-31-27-22-14-12-10-8-6-2)43-53-47(50)40-36-32-28-25-24-26-30-34-38-44(3)4/h44-45H,5-43H2,1-4H3/t45-/m1/s1. The van der Waals surface area contributed by atoms with E-state index in [-0.39, 0.29) is 31.1 Å². The summed E-state index contributed by atoms with van der Waals surface area (Å²) in [5.41, 5.74) is 0. The summed E-state index contributed by atoms with van der Waals surface area (Å²) in [4.78, 5) is 37.7. The Morgan fingerprint density at radius 1 is 0.352 bits per heavy atom. The van der Waals surface area contributed by atoms with Crippen molar-refractivity contribution < 1.29 is 28.6 Å². The SMILES string of the molecule is CCCCCCCCCCCCCCCCCCC(=O)O[C@H](COC(=O)CCCCCCCCCCC)COC(=O)CCCCCCCCCCC(C)C. The lowest BCUT2D eigenvalue weighted by Crippen LogP contribution is -2.30. The van der Waals surface area contributed by atoms with Crippen LogP contribution in [0.1, 0.15) is 265 Å². The summed E-state index contributed by atoms with van der Waals surface area (Å²) < 4.78 is 16.7. The number of hydrogen-bond acceptors (Lipinski definition) is 6. The Hall–Kier alpha value is -1.59. The van der Waals surface area contributed by atoms with Gasteiger partial charge in [0.05, 0.1) is 0 Å². The molecule has 0 aliphatic carbocycles. The van der Waals surface area contributed by atoms with Crippen molar-refractivity contribution in [1.29, 1.82) is 0 Å². The van der Waals surface area contributed by atoms with Crippen LogP contribution >= 0.6 is 0 Å². The van der Waals surface area contributed by atoms with E-state index in [9.17, 15) is 14.4 Å². The molecule has 0 N–H and O–H groups in total. The molecule has 1 atom stereocenters. The fourth-order valence-electron chi connectivity index (χ4n) is 7.16. The number of unbranched alkanes of at least 4 members (excludes halogenated alkanes) is 30. The van der Waals surface area contributed by atoms with Gasteiger partial charge in [-0.25, -0.2) is 0 Å². The molecule has 0 fully saturated rings. The van der Waals surface area contributed by atoms with Crippen molar-refractivity contribution in [3.8, 4) is 0 Å². The zero-order chi connectivity index (χ0) is 39.6. The zero-order valence-corrected chi connectivity index (χ0v) is 36.7. The molecule has 0 radical (unpaired) electrons. The number of carbonyl (C=O) groups is 3. The largest absolute Gasteiger partial charge is 0.462 e. The average molecular weight is 765 g/mol. The van der Waals surface area contributed by atoms with Gasteiger partial charge in [0.1, 0.15) is 13.2 Å². The summed E-state index contributed by atoms with van der Waals surface area (Å²) in [6, 6.07) is 0. The molecule has 0 bridgehead atoms. The Morgan fingerprint density at radius 3 is 0.907 bits per heavy atom. The lowest BCUT2D eigenvalue weighted by atomic mass is 10.0. The highest BCUT2D eigenvalue weighted by Crippen LogP contribution is 2.16. The summed E-state index contributed by atoms with van der Waals surface area (Å²) in [5, 5.41) is 0. The maximum atomic E-state index is 12.7. The van der Waals surface area contributed by atoms with E-state index in [1.165, 1.54) is 161 Å². The molecule has 0 heterocycles. The molecule has 0 saturated heterocycles. The van der Waals surface area contributed by atoms with Crippen LogP contribution in [0.15, 0.2) is 0 Å². The van der Waals surface area contributed by atoms with Crippen molar-refractivity contribution in [1.82, 2.24) is 0 Å². The normalized spacial score (nSPS) is 11.9. The van der Waals surface area contributed by atoms with Gasteiger partial charge >= 0.3 is 17.9 Å². The highest BCUT2D eigenvalue weighted by molar-refractivity contribution is 5.71. The Morgan fingerprint density at radius 2 is 0.611 bits per heavy atom. The predicted octanol–water partition coefficient (Wildman–Crippen LogP) is 15.1. The summed E-state index contributed by atoms with van der Waals surface area (Å²) in [7, 11) is 0. The van der Waals surface area contributed by atoms with Crippen molar-refractivity contribution in [3.05, 3.63) is 0 Å². The molecule has 0 aromatic rings. The molecule has 0 saturated carbocycles. The van der Waals surface area contributed by atoms with Gasteiger partial charge in [-0.05, 0) is 25.2 Å². The molecule has 0 aromatic carbocycles. The van der Waals surface area contributed by atoms with Crippen LogP contribution in [-0.4, -0.2) is 37.2 Å². The number of hydrogen-bond donors (Lipinski definition) is 0. The molecular formula is C48H92O6. The minimum atomic E-state index is -0.759. The van der Waals surface area contributed by atoms with Gasteiger partial charge in [-0.2, -0.15) is 0 Å². The van der Waals surface area contributed by atoms with E-state index in [1.807, 2.05) is 0 Å². The summed E-state index contributed by atoms with van der Waals surface area (Å²) in [6.07, 6.45) is 42.3. The van der Waals surface area contributed by atoms with Crippen molar-refractivity contribution in [2.24, 2.45) is 5.92 Å².